The minimum absolute atomic E-state index is 0.192. The molecule has 0 aliphatic rings. The van der Waals surface area contributed by atoms with E-state index in [0.717, 1.165) is 0 Å². The quantitative estimate of drug-likeness (QED) is 0.520. The molecule has 0 fully saturated rings. The Morgan fingerprint density at radius 2 is 1.63 bits per heavy atom. The fraction of sp³-hybridized carbons (Fsp3) is 0.190. The van der Waals surface area contributed by atoms with Gasteiger partial charge < -0.3 is 30.2 Å². The first-order valence-corrected chi connectivity index (χ1v) is 9.07. The molecule has 0 aliphatic carbocycles. The average molecular weight is 409 g/mol. The normalized spacial score (nSPS) is 10.1. The maximum Gasteiger partial charge on any atom is 0.253 e. The number of hydrogen-bond donors (Lipinski definition) is 3. The molecule has 0 aliphatic heterocycles. The topological polar surface area (TPSA) is 107 Å². The van der Waals surface area contributed by atoms with Crippen molar-refractivity contribution in [2.75, 3.05) is 39.0 Å². The number of amides is 1. The molecule has 0 bridgehead atoms. The molecule has 0 atom stereocenters. The van der Waals surface area contributed by atoms with Gasteiger partial charge in [0.2, 0.25) is 11.7 Å². The van der Waals surface area contributed by atoms with Gasteiger partial charge in [-0.15, -0.1) is 0 Å². The molecule has 30 heavy (non-hydrogen) atoms. The summed E-state index contributed by atoms with van der Waals surface area (Å²) in [5, 5.41) is 8.90. The Kier molecular flexibility index (Phi) is 6.53. The number of carbonyl (C=O) groups excluding carboxylic acids is 1. The highest BCUT2D eigenvalue weighted by Crippen LogP contribution is 2.40. The number of ether oxygens (including phenoxy) is 3. The van der Waals surface area contributed by atoms with Crippen molar-refractivity contribution in [2.24, 2.45) is 0 Å². The van der Waals surface area contributed by atoms with Gasteiger partial charge in [-0.25, -0.2) is 4.98 Å². The standard InChI is InChI=1S/C21H23N5O4/c1-22-20(27)14-7-5-6-8-15(14)25-18-9-10-23-21(26-18)24-13-11-16(28-2)19(30-4)17(12-13)29-3/h5-12H,1-4H3,(H,22,27)(H2,23,24,25,26). The Morgan fingerprint density at radius 3 is 2.27 bits per heavy atom. The van der Waals surface area contributed by atoms with Crippen LogP contribution in [0.1, 0.15) is 10.4 Å². The number of nitrogens with one attached hydrogen (secondary N) is 3. The molecule has 156 valence electrons. The van der Waals surface area contributed by atoms with Crippen molar-refractivity contribution in [1.82, 2.24) is 15.3 Å². The third kappa shape index (κ3) is 4.52. The summed E-state index contributed by atoms with van der Waals surface area (Å²) in [5.41, 5.74) is 1.81. The molecule has 0 radical (unpaired) electrons. The SMILES string of the molecule is CNC(=O)c1ccccc1Nc1ccnc(Nc2cc(OC)c(OC)c(OC)c2)n1. The summed E-state index contributed by atoms with van der Waals surface area (Å²) in [5.74, 6) is 2.19. The highest BCUT2D eigenvalue weighted by atomic mass is 16.5. The Balaban J connectivity index is 1.86. The first kappa shape index (κ1) is 20.7. The van der Waals surface area contributed by atoms with Crippen molar-refractivity contribution in [3.8, 4) is 17.2 Å². The average Bonchev–Trinajstić information content (AvgIpc) is 2.78. The molecule has 0 spiro atoms. The fourth-order valence-corrected chi connectivity index (χ4v) is 2.83. The van der Waals surface area contributed by atoms with E-state index in [1.165, 1.54) is 0 Å². The van der Waals surface area contributed by atoms with E-state index in [-0.39, 0.29) is 5.91 Å². The predicted octanol–water partition coefficient (Wildman–Crippen LogP) is 3.35. The van der Waals surface area contributed by atoms with E-state index in [0.29, 0.717) is 46.0 Å². The third-order valence-corrected chi connectivity index (χ3v) is 4.24. The lowest BCUT2D eigenvalue weighted by Crippen LogP contribution is -2.19. The predicted molar refractivity (Wildman–Crippen MR) is 115 cm³/mol. The maximum absolute atomic E-state index is 12.1. The van der Waals surface area contributed by atoms with Gasteiger partial charge in [-0.05, 0) is 18.2 Å². The lowest BCUT2D eigenvalue weighted by molar-refractivity contribution is 0.0964. The van der Waals surface area contributed by atoms with Crippen LogP contribution in [0, 0.1) is 0 Å². The zero-order chi connectivity index (χ0) is 21.5. The van der Waals surface area contributed by atoms with Crippen molar-refractivity contribution < 1.29 is 19.0 Å². The molecule has 3 rings (SSSR count). The lowest BCUT2D eigenvalue weighted by atomic mass is 10.1. The first-order chi connectivity index (χ1) is 14.6. The van der Waals surface area contributed by atoms with Gasteiger partial charge in [0.25, 0.3) is 5.91 Å². The van der Waals surface area contributed by atoms with Gasteiger partial charge >= 0.3 is 0 Å². The molecule has 9 heteroatoms. The Morgan fingerprint density at radius 1 is 0.933 bits per heavy atom. The van der Waals surface area contributed by atoms with Crippen LogP contribution in [0.2, 0.25) is 0 Å². The lowest BCUT2D eigenvalue weighted by Gasteiger charge is -2.15. The largest absolute Gasteiger partial charge is 0.493 e. The molecule has 3 N–H and O–H groups in total. The summed E-state index contributed by atoms with van der Waals surface area (Å²) in [6.07, 6.45) is 1.61. The highest BCUT2D eigenvalue weighted by Gasteiger charge is 2.14. The number of hydrogen-bond acceptors (Lipinski definition) is 8. The minimum atomic E-state index is -0.192. The first-order valence-electron chi connectivity index (χ1n) is 9.07. The molecule has 0 saturated heterocycles. The van der Waals surface area contributed by atoms with Gasteiger partial charge in [-0.2, -0.15) is 4.98 Å². The van der Waals surface area contributed by atoms with Crippen LogP contribution in [0.15, 0.2) is 48.7 Å². The second-order valence-electron chi connectivity index (χ2n) is 6.05. The zero-order valence-corrected chi connectivity index (χ0v) is 17.1. The molecule has 1 aromatic heterocycles. The summed E-state index contributed by atoms with van der Waals surface area (Å²) in [6.45, 7) is 0. The van der Waals surface area contributed by atoms with Crippen LogP contribution >= 0.6 is 0 Å². The van der Waals surface area contributed by atoms with Gasteiger partial charge in [-0.1, -0.05) is 12.1 Å². The molecule has 3 aromatic rings. The van der Waals surface area contributed by atoms with Gasteiger partial charge in [-0.3, -0.25) is 4.79 Å². The summed E-state index contributed by atoms with van der Waals surface area (Å²) in [4.78, 5) is 20.8. The van der Waals surface area contributed by atoms with Crippen molar-refractivity contribution in [1.29, 1.82) is 0 Å². The summed E-state index contributed by atoms with van der Waals surface area (Å²) in [6, 6.07) is 12.4. The van der Waals surface area contributed by atoms with Gasteiger partial charge in [0, 0.05) is 31.1 Å². The second-order valence-corrected chi connectivity index (χ2v) is 6.05. The van der Waals surface area contributed by atoms with Gasteiger partial charge in [0.05, 0.1) is 32.6 Å². The highest BCUT2D eigenvalue weighted by molar-refractivity contribution is 6.00. The smallest absolute Gasteiger partial charge is 0.253 e. The van der Waals surface area contributed by atoms with Gasteiger partial charge in [0.15, 0.2) is 11.5 Å². The number of carbonyl (C=O) groups is 1. The summed E-state index contributed by atoms with van der Waals surface area (Å²) in [7, 11) is 6.23. The number of benzene rings is 2. The molecule has 1 amide bonds. The van der Waals surface area contributed by atoms with Crippen molar-refractivity contribution in [2.45, 2.75) is 0 Å². The van der Waals surface area contributed by atoms with Crippen molar-refractivity contribution >= 4 is 29.0 Å². The number of aromatic nitrogens is 2. The molecule has 0 unspecified atom stereocenters. The van der Waals surface area contributed by atoms with Crippen molar-refractivity contribution in [3.63, 3.8) is 0 Å². The van der Waals surface area contributed by atoms with E-state index >= 15 is 0 Å². The van der Waals surface area contributed by atoms with Crippen LogP contribution < -0.4 is 30.2 Å². The number of methoxy groups -OCH3 is 3. The van der Waals surface area contributed by atoms with Crippen LogP contribution in [0.25, 0.3) is 0 Å². The molecular formula is C21H23N5O4. The monoisotopic (exact) mass is 409 g/mol. The Labute approximate surface area is 174 Å². The van der Waals surface area contributed by atoms with E-state index in [1.54, 1.807) is 71.0 Å². The van der Waals surface area contributed by atoms with E-state index < -0.39 is 0 Å². The number of para-hydroxylation sites is 1. The Bertz CT molecular complexity index is 1020. The van der Waals surface area contributed by atoms with Crippen LogP contribution in [0.3, 0.4) is 0 Å². The summed E-state index contributed by atoms with van der Waals surface area (Å²) >= 11 is 0. The summed E-state index contributed by atoms with van der Waals surface area (Å²) < 4.78 is 16.1. The number of rotatable bonds is 8. The van der Waals surface area contributed by atoms with E-state index in [9.17, 15) is 4.79 Å². The Hall–Kier alpha value is -4.01. The van der Waals surface area contributed by atoms with E-state index in [4.69, 9.17) is 14.2 Å². The molecule has 0 saturated carbocycles. The fourth-order valence-electron chi connectivity index (χ4n) is 2.83. The second kappa shape index (κ2) is 9.46. The van der Waals surface area contributed by atoms with Crippen LogP contribution in [0.4, 0.5) is 23.1 Å². The van der Waals surface area contributed by atoms with Crippen LogP contribution in [-0.2, 0) is 0 Å². The molecule has 9 nitrogen and oxygen atoms in total. The van der Waals surface area contributed by atoms with E-state index in [1.807, 2.05) is 6.07 Å². The van der Waals surface area contributed by atoms with Gasteiger partial charge in [0.1, 0.15) is 5.82 Å². The third-order valence-electron chi connectivity index (χ3n) is 4.24. The molecule has 2 aromatic carbocycles. The van der Waals surface area contributed by atoms with E-state index in [2.05, 4.69) is 25.9 Å². The van der Waals surface area contributed by atoms with Crippen molar-refractivity contribution in [3.05, 3.63) is 54.2 Å². The molecular weight excluding hydrogens is 386 g/mol. The maximum atomic E-state index is 12.1. The van der Waals surface area contributed by atoms with Crippen LogP contribution in [-0.4, -0.2) is 44.3 Å². The van der Waals surface area contributed by atoms with Crippen LogP contribution in [0.5, 0.6) is 17.2 Å². The number of anilines is 4. The number of nitrogens with zero attached hydrogens (tertiary/aromatic N) is 2. The minimum Gasteiger partial charge on any atom is -0.493 e. The molecule has 1 heterocycles. The zero-order valence-electron chi connectivity index (χ0n) is 17.1.